The Hall–Kier alpha value is -3.92. The molecule has 0 radical (unpaired) electrons. The van der Waals surface area contributed by atoms with E-state index in [4.69, 9.17) is 0 Å². The van der Waals surface area contributed by atoms with Gasteiger partial charge in [0, 0.05) is 0 Å². The quantitative estimate of drug-likeness (QED) is 0.276. The molecule has 0 saturated heterocycles. The number of nitrogens with zero attached hydrogens (tertiary/aromatic N) is 4. The first-order valence-corrected chi connectivity index (χ1v) is 11.0. The van der Waals surface area contributed by atoms with Crippen LogP contribution < -0.4 is 0 Å². The molecular weight excluding hydrogens is 392 g/mol. The molecule has 1 aliphatic heterocycles. The lowest BCUT2D eigenvalue weighted by Crippen LogP contribution is -1.91. The van der Waals surface area contributed by atoms with Crippen molar-refractivity contribution in [1.82, 2.24) is 0 Å². The Morgan fingerprint density at radius 2 is 0.594 bits per heavy atom. The van der Waals surface area contributed by atoms with Gasteiger partial charge in [0.15, 0.2) is 0 Å². The molecule has 0 unspecified atom stereocenters. The smallest absolute Gasteiger partial charge is 0.0859 e. The number of fused-ring (bicyclic) bond motifs is 8. The molecule has 156 valence electrons. The van der Waals surface area contributed by atoms with E-state index in [9.17, 15) is 0 Å². The molecule has 4 aromatic rings. The fourth-order valence-corrected chi connectivity index (χ4v) is 3.90. The summed E-state index contributed by atoms with van der Waals surface area (Å²) in [4.78, 5) is 0. The summed E-state index contributed by atoms with van der Waals surface area (Å²) in [6, 6.07) is 33.2. The second-order valence-electron chi connectivity index (χ2n) is 8.08. The summed E-state index contributed by atoms with van der Waals surface area (Å²) in [5.41, 5.74) is 8.48. The number of hydrogen-bond acceptors (Lipinski definition) is 4. The van der Waals surface area contributed by atoms with E-state index >= 15 is 0 Å². The molecule has 5 rings (SSSR count). The number of azo groups is 2. The van der Waals surface area contributed by atoms with Gasteiger partial charge < -0.3 is 0 Å². The summed E-state index contributed by atoms with van der Waals surface area (Å²) in [5.74, 6) is 0. The molecule has 0 saturated carbocycles. The summed E-state index contributed by atoms with van der Waals surface area (Å²) >= 11 is 0. The molecule has 0 aliphatic carbocycles. The third kappa shape index (κ3) is 5.22. The molecule has 4 aromatic carbocycles. The highest BCUT2D eigenvalue weighted by molar-refractivity contribution is 5.46. The lowest BCUT2D eigenvalue weighted by atomic mass is 10.0. The minimum Gasteiger partial charge on any atom is -0.151 e. The normalized spacial score (nSPS) is 13.5. The van der Waals surface area contributed by atoms with E-state index in [1.807, 2.05) is 48.5 Å². The Balaban J connectivity index is 1.50. The Kier molecular flexibility index (Phi) is 5.93. The van der Waals surface area contributed by atoms with E-state index in [2.05, 4.69) is 69.0 Å². The van der Waals surface area contributed by atoms with Crippen molar-refractivity contribution in [3.8, 4) is 0 Å². The van der Waals surface area contributed by atoms with Gasteiger partial charge in [0.1, 0.15) is 0 Å². The van der Waals surface area contributed by atoms with Crippen LogP contribution in [0.4, 0.5) is 22.7 Å². The van der Waals surface area contributed by atoms with Gasteiger partial charge in [-0.15, -0.1) is 0 Å². The van der Waals surface area contributed by atoms with Crippen molar-refractivity contribution < 1.29 is 0 Å². The standard InChI is InChI=1S/C28H24N4/c1-5-21-13-14-22-6-2-11-27(18-22)31-32-28-12-4-8-24(20-28)16-15-23-7-3-10-26(19-23)30-29-25(9-1)17-21/h1-12,17-20H,13-16H2. The van der Waals surface area contributed by atoms with Crippen molar-refractivity contribution in [3.05, 3.63) is 119 Å². The number of hydrogen-bond donors (Lipinski definition) is 0. The Labute approximate surface area is 188 Å². The van der Waals surface area contributed by atoms with Crippen LogP contribution in [-0.2, 0) is 25.7 Å². The molecule has 4 nitrogen and oxygen atoms in total. The van der Waals surface area contributed by atoms with Crippen molar-refractivity contribution in [1.29, 1.82) is 0 Å². The van der Waals surface area contributed by atoms with Gasteiger partial charge in [-0.05, 0) is 96.5 Å². The lowest BCUT2D eigenvalue weighted by Gasteiger charge is -2.06. The highest BCUT2D eigenvalue weighted by atomic mass is 15.1. The summed E-state index contributed by atoms with van der Waals surface area (Å²) in [5, 5.41) is 17.9. The maximum absolute atomic E-state index is 4.48. The van der Waals surface area contributed by atoms with Crippen LogP contribution in [-0.4, -0.2) is 0 Å². The first kappa shape index (κ1) is 20.0. The van der Waals surface area contributed by atoms with Gasteiger partial charge >= 0.3 is 0 Å². The van der Waals surface area contributed by atoms with Gasteiger partial charge in [0.05, 0.1) is 22.7 Å². The van der Waals surface area contributed by atoms with Crippen LogP contribution in [0.15, 0.2) is 118 Å². The van der Waals surface area contributed by atoms with Crippen LogP contribution in [0.25, 0.3) is 0 Å². The SMILES string of the molecule is c1cc2cc(c1)N=Nc1cccc(c1)CCc1cccc(c1)N=Nc1cccc(c1)CC2. The van der Waals surface area contributed by atoms with Gasteiger partial charge in [-0.2, -0.15) is 20.5 Å². The van der Waals surface area contributed by atoms with E-state index < -0.39 is 0 Å². The van der Waals surface area contributed by atoms with E-state index in [0.29, 0.717) is 0 Å². The van der Waals surface area contributed by atoms with E-state index in [1.54, 1.807) is 0 Å². The number of benzene rings is 4. The molecule has 32 heavy (non-hydrogen) atoms. The van der Waals surface area contributed by atoms with Crippen LogP contribution in [0, 0.1) is 0 Å². The van der Waals surface area contributed by atoms with Crippen molar-refractivity contribution in [2.24, 2.45) is 20.5 Å². The predicted molar refractivity (Wildman–Crippen MR) is 129 cm³/mol. The second kappa shape index (κ2) is 9.48. The molecule has 8 bridgehead atoms. The summed E-state index contributed by atoms with van der Waals surface area (Å²) < 4.78 is 0. The zero-order chi connectivity index (χ0) is 21.6. The van der Waals surface area contributed by atoms with Crippen molar-refractivity contribution in [2.45, 2.75) is 25.7 Å². The van der Waals surface area contributed by atoms with E-state index in [0.717, 1.165) is 48.4 Å². The number of aryl methyl sites for hydroxylation is 4. The monoisotopic (exact) mass is 416 g/mol. The maximum Gasteiger partial charge on any atom is 0.0859 e. The average Bonchev–Trinajstić information content (AvgIpc) is 2.84. The largest absolute Gasteiger partial charge is 0.151 e. The maximum atomic E-state index is 4.48. The zero-order valence-electron chi connectivity index (χ0n) is 17.9. The Morgan fingerprint density at radius 1 is 0.344 bits per heavy atom. The van der Waals surface area contributed by atoms with Gasteiger partial charge in [-0.3, -0.25) is 0 Å². The molecule has 0 atom stereocenters. The van der Waals surface area contributed by atoms with Gasteiger partial charge in [0.2, 0.25) is 0 Å². The highest BCUT2D eigenvalue weighted by Crippen LogP contribution is 2.24. The van der Waals surface area contributed by atoms with Gasteiger partial charge in [0.25, 0.3) is 0 Å². The fraction of sp³-hybridized carbons (Fsp3) is 0.143. The van der Waals surface area contributed by atoms with E-state index in [-0.39, 0.29) is 0 Å². The van der Waals surface area contributed by atoms with Crippen LogP contribution in [0.1, 0.15) is 22.3 Å². The lowest BCUT2D eigenvalue weighted by molar-refractivity contribution is 0.955. The third-order valence-electron chi connectivity index (χ3n) is 5.61. The highest BCUT2D eigenvalue weighted by Gasteiger charge is 2.02. The Bertz CT molecular complexity index is 1090. The Morgan fingerprint density at radius 3 is 0.844 bits per heavy atom. The van der Waals surface area contributed by atoms with Crippen molar-refractivity contribution in [3.63, 3.8) is 0 Å². The molecule has 0 N–H and O–H groups in total. The first-order chi connectivity index (χ1) is 15.8. The molecule has 0 aromatic heterocycles. The van der Waals surface area contributed by atoms with Crippen LogP contribution in [0.3, 0.4) is 0 Å². The van der Waals surface area contributed by atoms with Gasteiger partial charge in [-0.1, -0.05) is 48.5 Å². The fourth-order valence-electron chi connectivity index (χ4n) is 3.90. The molecule has 4 heteroatoms. The van der Waals surface area contributed by atoms with Crippen LogP contribution in [0.5, 0.6) is 0 Å². The van der Waals surface area contributed by atoms with Gasteiger partial charge in [-0.25, -0.2) is 0 Å². The molecular formula is C28H24N4. The minimum atomic E-state index is 0.877. The first-order valence-electron chi connectivity index (χ1n) is 11.0. The second-order valence-corrected chi connectivity index (χ2v) is 8.08. The van der Waals surface area contributed by atoms with Crippen LogP contribution >= 0.6 is 0 Å². The molecule has 1 aliphatic rings. The topological polar surface area (TPSA) is 49.4 Å². The van der Waals surface area contributed by atoms with Crippen LogP contribution in [0.2, 0.25) is 0 Å². The summed E-state index contributed by atoms with van der Waals surface area (Å²) in [6.45, 7) is 0. The minimum absolute atomic E-state index is 0.877. The molecule has 1 heterocycles. The van der Waals surface area contributed by atoms with Crippen molar-refractivity contribution in [2.75, 3.05) is 0 Å². The molecule has 0 amide bonds. The molecule has 0 spiro atoms. The summed E-state index contributed by atoms with van der Waals surface area (Å²) in [7, 11) is 0. The summed E-state index contributed by atoms with van der Waals surface area (Å²) in [6.07, 6.45) is 3.73. The average molecular weight is 417 g/mol. The molecule has 0 fully saturated rings. The van der Waals surface area contributed by atoms with Crippen molar-refractivity contribution >= 4 is 22.7 Å². The van der Waals surface area contributed by atoms with E-state index in [1.165, 1.54) is 22.3 Å². The number of rotatable bonds is 0. The third-order valence-corrected chi connectivity index (χ3v) is 5.61. The zero-order valence-corrected chi connectivity index (χ0v) is 17.9. The predicted octanol–water partition coefficient (Wildman–Crippen LogP) is 8.40.